The van der Waals surface area contributed by atoms with E-state index in [0.717, 1.165) is 6.07 Å². The number of aromatic nitrogens is 1. The van der Waals surface area contributed by atoms with E-state index in [-0.39, 0.29) is 11.1 Å². The van der Waals surface area contributed by atoms with Crippen molar-refractivity contribution in [2.75, 3.05) is 0 Å². The number of carbonyl (C=O) groups excluding carboxylic acids is 1. The molecular formula is C12H8F6N2O3. The first-order valence-electron chi connectivity index (χ1n) is 5.63. The molecule has 2 aromatic rings. The standard InChI is InChI=1S/C10H7F3N2O.C2HF3O2/c11-10(12,13)7-4-5-2-1-3-6(9(14)16)8(5)15-7;3-2(4,5)1(6)7/h1-4,15H,(H2,14,16);(H,6,7). The minimum Gasteiger partial charge on any atom is -0.475 e. The number of para-hydroxylation sites is 1. The highest BCUT2D eigenvalue weighted by molar-refractivity contribution is 6.05. The first kappa shape index (κ1) is 18.3. The van der Waals surface area contributed by atoms with Gasteiger partial charge in [0, 0.05) is 5.39 Å². The number of amides is 1. The molecule has 1 heterocycles. The summed E-state index contributed by atoms with van der Waals surface area (Å²) in [6.45, 7) is 0. The number of halogens is 6. The van der Waals surface area contributed by atoms with Crippen LogP contribution in [-0.4, -0.2) is 28.1 Å². The third-order valence-corrected chi connectivity index (χ3v) is 2.47. The van der Waals surface area contributed by atoms with Crippen LogP contribution in [0.1, 0.15) is 16.1 Å². The maximum absolute atomic E-state index is 12.4. The largest absolute Gasteiger partial charge is 0.490 e. The highest BCUT2D eigenvalue weighted by Gasteiger charge is 2.38. The Balaban J connectivity index is 0.000000322. The molecule has 0 bridgehead atoms. The van der Waals surface area contributed by atoms with E-state index < -0.39 is 29.9 Å². The lowest BCUT2D eigenvalue weighted by atomic mass is 10.1. The van der Waals surface area contributed by atoms with Crippen molar-refractivity contribution in [1.29, 1.82) is 0 Å². The molecule has 11 heteroatoms. The highest BCUT2D eigenvalue weighted by Crippen LogP contribution is 2.31. The number of primary amides is 1. The SMILES string of the molecule is NC(=O)c1cccc2cc(C(F)(F)F)[nH]c12.O=C(O)C(F)(F)F. The Kier molecular flexibility index (Phi) is 4.93. The third-order valence-electron chi connectivity index (χ3n) is 2.47. The number of hydrogen-bond acceptors (Lipinski definition) is 2. The van der Waals surface area contributed by atoms with Crippen LogP contribution < -0.4 is 5.73 Å². The van der Waals surface area contributed by atoms with Crippen LogP contribution in [0.3, 0.4) is 0 Å². The predicted molar refractivity (Wildman–Crippen MR) is 65.5 cm³/mol. The molecule has 2 rings (SSSR count). The number of fused-ring (bicyclic) bond motifs is 1. The van der Waals surface area contributed by atoms with E-state index in [1.54, 1.807) is 0 Å². The van der Waals surface area contributed by atoms with Gasteiger partial charge in [-0.1, -0.05) is 12.1 Å². The number of rotatable bonds is 1. The summed E-state index contributed by atoms with van der Waals surface area (Å²) in [5.74, 6) is -3.52. The van der Waals surface area contributed by atoms with Gasteiger partial charge in [-0.25, -0.2) is 4.79 Å². The van der Waals surface area contributed by atoms with E-state index in [9.17, 15) is 31.1 Å². The van der Waals surface area contributed by atoms with Crippen molar-refractivity contribution in [2.45, 2.75) is 12.4 Å². The van der Waals surface area contributed by atoms with E-state index in [1.807, 2.05) is 0 Å². The summed E-state index contributed by atoms with van der Waals surface area (Å²) in [5, 5.41) is 7.43. The zero-order valence-corrected chi connectivity index (χ0v) is 10.9. The lowest BCUT2D eigenvalue weighted by molar-refractivity contribution is -0.192. The van der Waals surface area contributed by atoms with E-state index in [1.165, 1.54) is 18.2 Å². The third kappa shape index (κ3) is 4.63. The van der Waals surface area contributed by atoms with Gasteiger partial charge in [0.25, 0.3) is 5.91 Å². The summed E-state index contributed by atoms with van der Waals surface area (Å²) in [4.78, 5) is 22.1. The van der Waals surface area contributed by atoms with E-state index >= 15 is 0 Å². The number of H-pyrrole nitrogens is 1. The predicted octanol–water partition coefficient (Wildman–Crippen LogP) is 2.92. The second kappa shape index (κ2) is 6.18. The quantitative estimate of drug-likeness (QED) is 0.695. The fraction of sp³-hybridized carbons (Fsp3) is 0.167. The van der Waals surface area contributed by atoms with E-state index in [4.69, 9.17) is 15.6 Å². The molecule has 0 aliphatic heterocycles. The normalized spacial score (nSPS) is 11.7. The fourth-order valence-electron chi connectivity index (χ4n) is 1.51. The maximum atomic E-state index is 12.4. The first-order valence-corrected chi connectivity index (χ1v) is 5.63. The number of hydrogen-bond donors (Lipinski definition) is 3. The van der Waals surface area contributed by atoms with Crippen LogP contribution in [0.2, 0.25) is 0 Å². The molecule has 23 heavy (non-hydrogen) atoms. The molecule has 1 aromatic heterocycles. The Bertz CT molecular complexity index is 732. The van der Waals surface area contributed by atoms with Crippen molar-refractivity contribution >= 4 is 22.8 Å². The molecule has 0 radical (unpaired) electrons. The van der Waals surface area contributed by atoms with Gasteiger partial charge in [0.1, 0.15) is 5.69 Å². The van der Waals surface area contributed by atoms with Crippen molar-refractivity contribution in [3.63, 3.8) is 0 Å². The molecule has 1 amide bonds. The minimum atomic E-state index is -5.08. The van der Waals surface area contributed by atoms with Crippen LogP contribution in [0.4, 0.5) is 26.3 Å². The van der Waals surface area contributed by atoms with Gasteiger partial charge in [0.2, 0.25) is 0 Å². The van der Waals surface area contributed by atoms with Crippen molar-refractivity contribution in [1.82, 2.24) is 4.98 Å². The van der Waals surface area contributed by atoms with Crippen LogP contribution >= 0.6 is 0 Å². The molecule has 4 N–H and O–H groups in total. The van der Waals surface area contributed by atoms with E-state index in [2.05, 4.69) is 4.98 Å². The van der Waals surface area contributed by atoms with Crippen molar-refractivity contribution in [3.8, 4) is 0 Å². The Morgan fingerprint density at radius 1 is 1.09 bits per heavy atom. The Morgan fingerprint density at radius 2 is 1.61 bits per heavy atom. The molecule has 0 saturated heterocycles. The molecule has 1 aromatic carbocycles. The zero-order chi connectivity index (χ0) is 18.0. The summed E-state index contributed by atoms with van der Waals surface area (Å²) in [5.41, 5.74) is 4.33. The first-order chi connectivity index (χ1) is 10.3. The molecule has 0 saturated carbocycles. The lowest BCUT2D eigenvalue weighted by Crippen LogP contribution is -2.21. The Morgan fingerprint density at radius 3 is 2.00 bits per heavy atom. The van der Waals surface area contributed by atoms with Gasteiger partial charge in [0.05, 0.1) is 11.1 Å². The Labute approximate surface area is 123 Å². The molecule has 126 valence electrons. The molecule has 5 nitrogen and oxygen atoms in total. The van der Waals surface area contributed by atoms with Gasteiger partial charge < -0.3 is 15.8 Å². The zero-order valence-electron chi connectivity index (χ0n) is 10.9. The number of carboxylic acid groups (broad SMARTS) is 1. The lowest BCUT2D eigenvalue weighted by Gasteiger charge is -2.01. The molecule has 0 aliphatic rings. The second-order valence-corrected chi connectivity index (χ2v) is 4.12. The monoisotopic (exact) mass is 342 g/mol. The van der Waals surface area contributed by atoms with Gasteiger partial charge >= 0.3 is 18.3 Å². The smallest absolute Gasteiger partial charge is 0.475 e. The average Bonchev–Trinajstić information content (AvgIpc) is 2.81. The Hall–Kier alpha value is -2.72. The summed E-state index contributed by atoms with van der Waals surface area (Å²) in [6.07, 6.45) is -9.55. The van der Waals surface area contributed by atoms with Gasteiger partial charge in [-0.05, 0) is 12.1 Å². The van der Waals surface area contributed by atoms with Crippen LogP contribution in [0.25, 0.3) is 10.9 Å². The van der Waals surface area contributed by atoms with Crippen LogP contribution in [-0.2, 0) is 11.0 Å². The van der Waals surface area contributed by atoms with Gasteiger partial charge in [0.15, 0.2) is 0 Å². The van der Waals surface area contributed by atoms with Crippen LogP contribution in [0.5, 0.6) is 0 Å². The summed E-state index contributed by atoms with van der Waals surface area (Å²) >= 11 is 0. The molecule has 0 fully saturated rings. The number of nitrogens with two attached hydrogens (primary N) is 1. The fourth-order valence-corrected chi connectivity index (χ4v) is 1.51. The number of alkyl halides is 6. The van der Waals surface area contributed by atoms with Crippen molar-refractivity contribution < 1.29 is 41.0 Å². The summed E-state index contributed by atoms with van der Waals surface area (Å²) in [6, 6.07) is 5.28. The molecule has 0 spiro atoms. The molecular weight excluding hydrogens is 334 g/mol. The average molecular weight is 342 g/mol. The van der Waals surface area contributed by atoms with E-state index in [0.29, 0.717) is 5.39 Å². The number of nitrogens with one attached hydrogen (secondary N) is 1. The van der Waals surface area contributed by atoms with Crippen molar-refractivity contribution in [2.24, 2.45) is 5.73 Å². The maximum Gasteiger partial charge on any atom is 0.490 e. The summed E-state index contributed by atoms with van der Waals surface area (Å²) in [7, 11) is 0. The van der Waals surface area contributed by atoms with Crippen molar-refractivity contribution in [3.05, 3.63) is 35.5 Å². The number of benzene rings is 1. The molecule has 0 atom stereocenters. The minimum absolute atomic E-state index is 0.0491. The van der Waals surface area contributed by atoms with Gasteiger partial charge in [-0.2, -0.15) is 26.3 Å². The van der Waals surface area contributed by atoms with Gasteiger partial charge in [-0.3, -0.25) is 4.79 Å². The number of aromatic amines is 1. The second-order valence-electron chi connectivity index (χ2n) is 4.12. The van der Waals surface area contributed by atoms with Gasteiger partial charge in [-0.15, -0.1) is 0 Å². The molecule has 0 unspecified atom stereocenters. The van der Waals surface area contributed by atoms with Crippen LogP contribution in [0.15, 0.2) is 24.3 Å². The number of carbonyl (C=O) groups is 2. The van der Waals surface area contributed by atoms with Crippen LogP contribution in [0, 0.1) is 0 Å². The topological polar surface area (TPSA) is 96.2 Å². The number of aliphatic carboxylic acids is 1. The highest BCUT2D eigenvalue weighted by atomic mass is 19.4. The summed E-state index contributed by atoms with van der Waals surface area (Å²) < 4.78 is 69.0. The number of carboxylic acids is 1. The molecule has 0 aliphatic carbocycles.